The summed E-state index contributed by atoms with van der Waals surface area (Å²) in [7, 11) is 1.57. The fourth-order valence-corrected chi connectivity index (χ4v) is 1.20. The van der Waals surface area contributed by atoms with Crippen molar-refractivity contribution in [1.29, 1.82) is 0 Å². The number of hydrogen-bond donors (Lipinski definition) is 2. The first-order valence-corrected chi connectivity index (χ1v) is 4.40. The predicted octanol–water partition coefficient (Wildman–Crippen LogP) is 0.861. The molecule has 4 nitrogen and oxygen atoms in total. The van der Waals surface area contributed by atoms with Crippen LogP contribution in [0.15, 0.2) is 18.2 Å². The van der Waals surface area contributed by atoms with Crippen molar-refractivity contribution in [3.63, 3.8) is 0 Å². The van der Waals surface area contributed by atoms with Crippen LogP contribution in [-0.4, -0.2) is 13.0 Å². The summed E-state index contributed by atoms with van der Waals surface area (Å²) in [6, 6.07) is 5.35. The molecule has 0 aromatic heterocycles. The zero-order chi connectivity index (χ0) is 10.6. The van der Waals surface area contributed by atoms with E-state index in [1.807, 2.05) is 13.0 Å². The maximum absolute atomic E-state index is 11.3. The fourth-order valence-electron chi connectivity index (χ4n) is 1.20. The highest BCUT2D eigenvalue weighted by Gasteiger charge is 2.06. The van der Waals surface area contributed by atoms with E-state index in [0.717, 1.165) is 12.0 Å². The Kier molecular flexibility index (Phi) is 3.48. The number of methoxy groups -OCH3 is 1. The SMILES string of the molecule is CCc1cc(OC)cc(C(=O)NN)c1. The number of carbonyl (C=O) groups excluding carboxylic acids is 1. The van der Waals surface area contributed by atoms with Crippen molar-refractivity contribution < 1.29 is 9.53 Å². The van der Waals surface area contributed by atoms with E-state index >= 15 is 0 Å². The van der Waals surface area contributed by atoms with E-state index in [1.54, 1.807) is 19.2 Å². The minimum atomic E-state index is -0.307. The lowest BCUT2D eigenvalue weighted by molar-refractivity contribution is 0.0953. The summed E-state index contributed by atoms with van der Waals surface area (Å²) in [6.45, 7) is 2.01. The first-order chi connectivity index (χ1) is 6.71. The van der Waals surface area contributed by atoms with Crippen molar-refractivity contribution in [3.05, 3.63) is 29.3 Å². The Morgan fingerprint density at radius 2 is 2.21 bits per heavy atom. The molecule has 76 valence electrons. The van der Waals surface area contributed by atoms with Crippen molar-refractivity contribution in [1.82, 2.24) is 5.43 Å². The highest BCUT2D eigenvalue weighted by Crippen LogP contribution is 2.17. The van der Waals surface area contributed by atoms with Gasteiger partial charge in [0.25, 0.3) is 5.91 Å². The molecule has 0 spiro atoms. The first-order valence-electron chi connectivity index (χ1n) is 4.40. The summed E-state index contributed by atoms with van der Waals surface area (Å²) in [5.41, 5.74) is 3.65. The average molecular weight is 194 g/mol. The van der Waals surface area contributed by atoms with Crippen LogP contribution in [0.2, 0.25) is 0 Å². The highest BCUT2D eigenvalue weighted by atomic mass is 16.5. The normalized spacial score (nSPS) is 9.64. The second kappa shape index (κ2) is 4.62. The Bertz CT molecular complexity index is 315. The van der Waals surface area contributed by atoms with Crippen molar-refractivity contribution in [3.8, 4) is 5.75 Å². The van der Waals surface area contributed by atoms with Gasteiger partial charge in [-0.05, 0) is 30.2 Å². The molecule has 0 aliphatic carbocycles. The molecule has 0 radical (unpaired) electrons. The standard InChI is InChI=1S/C10H14N2O2/c1-3-7-4-8(10(13)12-11)6-9(5-7)14-2/h4-6H,3,11H2,1-2H3,(H,12,13). The number of nitrogen functional groups attached to an aromatic ring is 1. The molecule has 1 amide bonds. The monoisotopic (exact) mass is 194 g/mol. The maximum atomic E-state index is 11.3. The summed E-state index contributed by atoms with van der Waals surface area (Å²) in [4.78, 5) is 11.3. The van der Waals surface area contributed by atoms with Gasteiger partial charge in [0.2, 0.25) is 0 Å². The number of benzene rings is 1. The van der Waals surface area contributed by atoms with Gasteiger partial charge >= 0.3 is 0 Å². The largest absolute Gasteiger partial charge is 0.497 e. The van der Waals surface area contributed by atoms with Crippen LogP contribution in [-0.2, 0) is 6.42 Å². The molecule has 0 fully saturated rings. The van der Waals surface area contributed by atoms with E-state index in [2.05, 4.69) is 5.43 Å². The van der Waals surface area contributed by atoms with Crippen molar-refractivity contribution in [2.45, 2.75) is 13.3 Å². The van der Waals surface area contributed by atoms with Gasteiger partial charge in [0.05, 0.1) is 7.11 Å². The lowest BCUT2D eigenvalue weighted by Gasteiger charge is -2.06. The van der Waals surface area contributed by atoms with Gasteiger partial charge in [-0.25, -0.2) is 5.84 Å². The van der Waals surface area contributed by atoms with E-state index in [0.29, 0.717) is 11.3 Å². The first kappa shape index (κ1) is 10.5. The third kappa shape index (κ3) is 2.23. The number of nitrogens with one attached hydrogen (secondary N) is 1. The summed E-state index contributed by atoms with van der Waals surface area (Å²) < 4.78 is 5.07. The van der Waals surface area contributed by atoms with E-state index in [-0.39, 0.29) is 5.91 Å². The van der Waals surface area contributed by atoms with Gasteiger partial charge in [-0.3, -0.25) is 10.2 Å². The molecule has 1 aromatic carbocycles. The van der Waals surface area contributed by atoms with Crippen LogP contribution in [0.3, 0.4) is 0 Å². The number of rotatable bonds is 3. The topological polar surface area (TPSA) is 64.3 Å². The molecule has 0 saturated carbocycles. The molecule has 0 aliphatic rings. The minimum absolute atomic E-state index is 0.307. The van der Waals surface area contributed by atoms with Gasteiger partial charge in [-0.15, -0.1) is 0 Å². The van der Waals surface area contributed by atoms with Gasteiger partial charge in [0, 0.05) is 5.56 Å². The van der Waals surface area contributed by atoms with Gasteiger partial charge in [0.1, 0.15) is 5.75 Å². The lowest BCUT2D eigenvalue weighted by atomic mass is 10.1. The predicted molar refractivity (Wildman–Crippen MR) is 54.0 cm³/mol. The zero-order valence-corrected chi connectivity index (χ0v) is 8.33. The summed E-state index contributed by atoms with van der Waals surface area (Å²) in [5.74, 6) is 5.41. The number of hydrazine groups is 1. The van der Waals surface area contributed by atoms with E-state index in [9.17, 15) is 4.79 Å². The van der Waals surface area contributed by atoms with E-state index in [4.69, 9.17) is 10.6 Å². The molecular formula is C10H14N2O2. The van der Waals surface area contributed by atoms with Gasteiger partial charge < -0.3 is 4.74 Å². The number of ether oxygens (including phenoxy) is 1. The lowest BCUT2D eigenvalue weighted by Crippen LogP contribution is -2.30. The Morgan fingerprint density at radius 3 is 2.71 bits per heavy atom. The molecular weight excluding hydrogens is 180 g/mol. The second-order valence-electron chi connectivity index (χ2n) is 2.90. The molecule has 1 rings (SSSR count). The Morgan fingerprint density at radius 1 is 1.50 bits per heavy atom. The molecule has 0 aliphatic heterocycles. The molecule has 0 saturated heterocycles. The van der Waals surface area contributed by atoms with Crippen LogP contribution in [0.5, 0.6) is 5.75 Å². The number of amides is 1. The molecule has 14 heavy (non-hydrogen) atoms. The average Bonchev–Trinajstić information content (AvgIpc) is 2.27. The van der Waals surface area contributed by atoms with Crippen LogP contribution in [0.4, 0.5) is 0 Å². The number of hydrogen-bond acceptors (Lipinski definition) is 3. The van der Waals surface area contributed by atoms with Crippen molar-refractivity contribution >= 4 is 5.91 Å². The molecule has 0 heterocycles. The van der Waals surface area contributed by atoms with E-state index < -0.39 is 0 Å². The zero-order valence-electron chi connectivity index (χ0n) is 8.33. The summed E-state index contributed by atoms with van der Waals surface area (Å²) >= 11 is 0. The van der Waals surface area contributed by atoms with Gasteiger partial charge in [-0.1, -0.05) is 6.92 Å². The summed E-state index contributed by atoms with van der Waals surface area (Å²) in [6.07, 6.45) is 0.849. The van der Waals surface area contributed by atoms with Crippen molar-refractivity contribution in [2.75, 3.05) is 7.11 Å². The van der Waals surface area contributed by atoms with Crippen LogP contribution >= 0.6 is 0 Å². The third-order valence-corrected chi connectivity index (χ3v) is 2.00. The summed E-state index contributed by atoms with van der Waals surface area (Å²) in [5, 5.41) is 0. The minimum Gasteiger partial charge on any atom is -0.497 e. The maximum Gasteiger partial charge on any atom is 0.265 e. The Hall–Kier alpha value is -1.55. The van der Waals surface area contributed by atoms with Crippen LogP contribution in [0.25, 0.3) is 0 Å². The molecule has 0 unspecified atom stereocenters. The third-order valence-electron chi connectivity index (χ3n) is 2.00. The second-order valence-corrected chi connectivity index (χ2v) is 2.90. The molecule has 3 N–H and O–H groups in total. The number of nitrogens with two attached hydrogens (primary N) is 1. The van der Waals surface area contributed by atoms with Gasteiger partial charge in [-0.2, -0.15) is 0 Å². The fraction of sp³-hybridized carbons (Fsp3) is 0.300. The molecule has 0 atom stereocenters. The molecule has 4 heteroatoms. The number of carbonyl (C=O) groups is 1. The number of aryl methyl sites for hydroxylation is 1. The Labute approximate surface area is 83.0 Å². The van der Waals surface area contributed by atoms with Crippen LogP contribution in [0.1, 0.15) is 22.8 Å². The van der Waals surface area contributed by atoms with Crippen LogP contribution in [0, 0.1) is 0 Å². The molecule has 0 bridgehead atoms. The van der Waals surface area contributed by atoms with Crippen LogP contribution < -0.4 is 16.0 Å². The Balaban J connectivity index is 3.10. The quantitative estimate of drug-likeness (QED) is 0.426. The molecule has 1 aromatic rings. The smallest absolute Gasteiger partial charge is 0.265 e. The van der Waals surface area contributed by atoms with Gasteiger partial charge in [0.15, 0.2) is 0 Å². The van der Waals surface area contributed by atoms with E-state index in [1.165, 1.54) is 0 Å². The van der Waals surface area contributed by atoms with Crippen molar-refractivity contribution in [2.24, 2.45) is 5.84 Å². The highest BCUT2D eigenvalue weighted by molar-refractivity contribution is 5.94.